The molecule has 58 heavy (non-hydrogen) atoms. The number of nitrogens with zero attached hydrogens (tertiary/aromatic N) is 7. The average molecular weight is 742 g/mol. The molecule has 0 bridgehead atoms. The van der Waals surface area contributed by atoms with Crippen LogP contribution in [0, 0.1) is 0 Å². The fraction of sp³-hybridized carbons (Fsp3) is 0. The summed E-state index contributed by atoms with van der Waals surface area (Å²) in [5, 5.41) is 5.59. The minimum atomic E-state index is 0.534. The van der Waals surface area contributed by atoms with Crippen molar-refractivity contribution < 1.29 is 0 Å². The van der Waals surface area contributed by atoms with E-state index in [4.69, 9.17) is 24.9 Å². The Labute approximate surface area is 333 Å². The highest BCUT2D eigenvalue weighted by Crippen LogP contribution is 2.53. The number of aromatic nitrogens is 6. The van der Waals surface area contributed by atoms with Crippen molar-refractivity contribution in [1.82, 2.24) is 29.5 Å². The molecule has 7 heteroatoms. The second-order valence-electron chi connectivity index (χ2n) is 14.5. The van der Waals surface area contributed by atoms with Gasteiger partial charge in [0.05, 0.1) is 28.1 Å². The Kier molecular flexibility index (Phi) is 7.09. The summed E-state index contributed by atoms with van der Waals surface area (Å²) in [6.45, 7) is 0. The van der Waals surface area contributed by atoms with Crippen LogP contribution in [-0.4, -0.2) is 29.5 Å². The number of pyridine rings is 2. The van der Waals surface area contributed by atoms with Crippen LogP contribution in [0.4, 0.5) is 17.3 Å². The largest absolute Gasteiger partial charge is 0.294 e. The van der Waals surface area contributed by atoms with E-state index in [9.17, 15) is 0 Å². The number of anilines is 3. The van der Waals surface area contributed by atoms with E-state index in [2.05, 4.69) is 125 Å². The Morgan fingerprint density at radius 3 is 1.83 bits per heavy atom. The number of para-hydroxylation sites is 2. The molecular formula is C51H31N7. The Morgan fingerprint density at radius 2 is 1.05 bits per heavy atom. The van der Waals surface area contributed by atoms with Crippen LogP contribution in [-0.2, 0) is 0 Å². The van der Waals surface area contributed by atoms with Crippen molar-refractivity contribution in [3.8, 4) is 50.8 Å². The normalized spacial score (nSPS) is 12.1. The molecule has 7 nitrogen and oxygen atoms in total. The molecular weight excluding hydrogens is 711 g/mol. The van der Waals surface area contributed by atoms with Crippen LogP contribution < -0.4 is 4.90 Å². The number of hydrogen-bond donors (Lipinski definition) is 0. The number of rotatable bonds is 5. The monoisotopic (exact) mass is 741 g/mol. The second kappa shape index (κ2) is 12.8. The quantitative estimate of drug-likeness (QED) is 0.164. The molecule has 0 N–H and O–H groups in total. The molecule has 1 aliphatic rings. The van der Waals surface area contributed by atoms with E-state index < -0.39 is 0 Å². The highest BCUT2D eigenvalue weighted by molar-refractivity contribution is 6.21. The molecule has 12 rings (SSSR count). The molecule has 270 valence electrons. The molecule has 0 amide bonds. The van der Waals surface area contributed by atoms with Crippen LogP contribution >= 0.6 is 0 Å². The maximum atomic E-state index is 5.45. The van der Waals surface area contributed by atoms with Gasteiger partial charge in [-0.2, -0.15) is 9.97 Å². The first kappa shape index (κ1) is 32.2. The van der Waals surface area contributed by atoms with Gasteiger partial charge in [-0.25, -0.2) is 15.0 Å². The van der Waals surface area contributed by atoms with Crippen molar-refractivity contribution in [2.75, 3.05) is 4.90 Å². The van der Waals surface area contributed by atoms with E-state index >= 15 is 0 Å². The Hall–Kier alpha value is -8.03. The van der Waals surface area contributed by atoms with Crippen molar-refractivity contribution in [3.63, 3.8) is 0 Å². The van der Waals surface area contributed by atoms with Gasteiger partial charge < -0.3 is 0 Å². The molecule has 0 fully saturated rings. The Morgan fingerprint density at radius 1 is 0.414 bits per heavy atom. The van der Waals surface area contributed by atoms with Gasteiger partial charge in [-0.15, -0.1) is 0 Å². The zero-order valence-electron chi connectivity index (χ0n) is 31.0. The summed E-state index contributed by atoms with van der Waals surface area (Å²) < 4.78 is 2.25. The van der Waals surface area contributed by atoms with Gasteiger partial charge in [0.1, 0.15) is 5.65 Å². The number of fused-ring (bicyclic) bond motifs is 7. The molecule has 0 saturated carbocycles. The van der Waals surface area contributed by atoms with E-state index in [0.29, 0.717) is 17.6 Å². The first-order chi connectivity index (χ1) is 28.8. The number of benzene rings is 7. The van der Waals surface area contributed by atoms with Crippen LogP contribution in [0.1, 0.15) is 0 Å². The predicted molar refractivity (Wildman–Crippen MR) is 235 cm³/mol. The maximum absolute atomic E-state index is 5.45. The van der Waals surface area contributed by atoms with Gasteiger partial charge in [-0.3, -0.25) is 9.47 Å². The minimum absolute atomic E-state index is 0.534. The summed E-state index contributed by atoms with van der Waals surface area (Å²) in [5.74, 6) is 1.74. The van der Waals surface area contributed by atoms with Gasteiger partial charge in [0.25, 0.3) is 0 Å². The summed E-state index contributed by atoms with van der Waals surface area (Å²) in [7, 11) is 0. The topological polar surface area (TPSA) is 72.6 Å². The van der Waals surface area contributed by atoms with E-state index in [1.165, 1.54) is 5.39 Å². The molecule has 4 aromatic heterocycles. The SMILES string of the molecule is c1ccc(-c2nc(-c3ccccc3)nc(N3c4cccc(-c5ccc(-n6c7ccccc7c7cccnc76)cc5)c4-c4nc5ccccc5c5cccc3c45)n2)cc1. The van der Waals surface area contributed by atoms with Crippen molar-refractivity contribution in [2.24, 2.45) is 0 Å². The third-order valence-corrected chi connectivity index (χ3v) is 11.2. The highest BCUT2D eigenvalue weighted by atomic mass is 15.3. The van der Waals surface area contributed by atoms with Gasteiger partial charge in [-0.05, 0) is 65.0 Å². The molecule has 11 aromatic rings. The van der Waals surface area contributed by atoms with Gasteiger partial charge in [0.15, 0.2) is 11.6 Å². The first-order valence-corrected chi connectivity index (χ1v) is 19.4. The van der Waals surface area contributed by atoms with Crippen molar-refractivity contribution in [1.29, 1.82) is 0 Å². The van der Waals surface area contributed by atoms with Crippen molar-refractivity contribution >= 4 is 60.9 Å². The molecule has 1 aliphatic heterocycles. The summed E-state index contributed by atoms with van der Waals surface area (Å²) >= 11 is 0. The van der Waals surface area contributed by atoms with Crippen LogP contribution in [0.3, 0.4) is 0 Å². The van der Waals surface area contributed by atoms with Gasteiger partial charge >= 0.3 is 0 Å². The smallest absolute Gasteiger partial charge is 0.238 e. The Bertz CT molecular complexity index is 3280. The molecule has 0 saturated heterocycles. The lowest BCUT2D eigenvalue weighted by Crippen LogP contribution is -2.19. The van der Waals surface area contributed by atoms with E-state index in [-0.39, 0.29) is 0 Å². The standard InChI is InChI=1S/C51H31N7/c1-3-14-33(15-4-1)48-54-49(34-16-5-2-6-17-34)56-51(55-48)58-43-25-11-20-36(45(43)47-46-39(21-12-26-44(46)58)37-18-7-9-23-41(37)53-47)32-27-29-35(30-28-32)57-42-24-10-8-19-38(42)40-22-13-31-52-50(40)57/h1-31H. The lowest BCUT2D eigenvalue weighted by atomic mass is 9.88. The molecule has 5 heterocycles. The van der Waals surface area contributed by atoms with E-state index in [1.54, 1.807) is 0 Å². The zero-order chi connectivity index (χ0) is 38.2. The minimum Gasteiger partial charge on any atom is -0.294 e. The fourth-order valence-corrected chi connectivity index (χ4v) is 8.66. The second-order valence-corrected chi connectivity index (χ2v) is 14.5. The molecule has 7 aromatic carbocycles. The first-order valence-electron chi connectivity index (χ1n) is 19.4. The molecule has 0 unspecified atom stereocenters. The lowest BCUT2D eigenvalue weighted by Gasteiger charge is -2.33. The molecule has 0 radical (unpaired) electrons. The zero-order valence-corrected chi connectivity index (χ0v) is 31.0. The number of hydrogen-bond acceptors (Lipinski definition) is 6. The van der Waals surface area contributed by atoms with Crippen LogP contribution in [0.15, 0.2) is 188 Å². The summed E-state index contributed by atoms with van der Waals surface area (Å²) in [4.78, 5) is 28.0. The van der Waals surface area contributed by atoms with E-state index in [1.807, 2.05) is 72.9 Å². The van der Waals surface area contributed by atoms with Crippen molar-refractivity contribution in [2.45, 2.75) is 0 Å². The lowest BCUT2D eigenvalue weighted by molar-refractivity contribution is 1.02. The van der Waals surface area contributed by atoms with Crippen LogP contribution in [0.2, 0.25) is 0 Å². The van der Waals surface area contributed by atoms with E-state index in [0.717, 1.165) is 88.8 Å². The summed E-state index contributed by atoms with van der Waals surface area (Å²) in [6, 6.07) is 63.0. The summed E-state index contributed by atoms with van der Waals surface area (Å²) in [5.41, 5.74) is 11.9. The van der Waals surface area contributed by atoms with Crippen LogP contribution in [0.5, 0.6) is 0 Å². The average Bonchev–Trinajstić information content (AvgIpc) is 3.64. The third kappa shape index (κ3) is 4.90. The third-order valence-electron chi connectivity index (χ3n) is 11.2. The van der Waals surface area contributed by atoms with Gasteiger partial charge in [0.2, 0.25) is 5.95 Å². The van der Waals surface area contributed by atoms with Crippen LogP contribution in [0.25, 0.3) is 94.5 Å². The molecule has 0 atom stereocenters. The predicted octanol–water partition coefficient (Wildman–Crippen LogP) is 12.5. The van der Waals surface area contributed by atoms with Gasteiger partial charge in [-0.1, -0.05) is 133 Å². The van der Waals surface area contributed by atoms with Gasteiger partial charge in [0, 0.05) is 50.1 Å². The summed E-state index contributed by atoms with van der Waals surface area (Å²) in [6.07, 6.45) is 1.86. The Balaban J connectivity index is 1.11. The molecule has 0 aliphatic carbocycles. The van der Waals surface area contributed by atoms with Crippen molar-refractivity contribution in [3.05, 3.63) is 188 Å². The fourth-order valence-electron chi connectivity index (χ4n) is 8.66. The molecule has 0 spiro atoms. The maximum Gasteiger partial charge on any atom is 0.238 e. The highest BCUT2D eigenvalue weighted by Gasteiger charge is 2.32.